The Morgan fingerprint density at radius 1 is 0.789 bits per heavy atom. The van der Waals surface area contributed by atoms with Crippen LogP contribution in [0.15, 0.2) is 53.3 Å². The molecule has 0 bridgehead atoms. The number of pyridine rings is 1. The molecular formula is C17H17NO. The van der Waals surface area contributed by atoms with Crippen molar-refractivity contribution in [2.45, 2.75) is 26.3 Å². The minimum absolute atomic E-state index is 0.0850. The molecule has 2 heteroatoms. The van der Waals surface area contributed by atoms with Crippen LogP contribution in [-0.2, 0) is 5.54 Å². The maximum absolute atomic E-state index is 12.8. The van der Waals surface area contributed by atoms with Crippen molar-refractivity contribution in [2.75, 3.05) is 0 Å². The SMILES string of the molecule is CC(C)(C)n1c(=O)c2ccccc2c2ccccc21. The predicted molar refractivity (Wildman–Crippen MR) is 80.7 cm³/mol. The van der Waals surface area contributed by atoms with Crippen LogP contribution in [-0.4, -0.2) is 4.57 Å². The van der Waals surface area contributed by atoms with Crippen molar-refractivity contribution in [2.24, 2.45) is 0 Å². The van der Waals surface area contributed by atoms with Crippen molar-refractivity contribution in [3.05, 3.63) is 58.9 Å². The van der Waals surface area contributed by atoms with Crippen molar-refractivity contribution in [3.63, 3.8) is 0 Å². The maximum Gasteiger partial charge on any atom is 0.259 e. The lowest BCUT2D eigenvalue weighted by molar-refractivity contribution is 0.400. The van der Waals surface area contributed by atoms with E-state index in [9.17, 15) is 4.79 Å². The first-order valence-electron chi connectivity index (χ1n) is 6.53. The van der Waals surface area contributed by atoms with E-state index < -0.39 is 0 Å². The normalized spacial score (nSPS) is 12.2. The van der Waals surface area contributed by atoms with Crippen molar-refractivity contribution in [3.8, 4) is 0 Å². The van der Waals surface area contributed by atoms with Gasteiger partial charge in [-0.1, -0.05) is 36.4 Å². The third kappa shape index (κ3) is 1.75. The van der Waals surface area contributed by atoms with E-state index in [2.05, 4.69) is 26.8 Å². The van der Waals surface area contributed by atoms with E-state index in [0.717, 1.165) is 21.7 Å². The van der Waals surface area contributed by atoms with Gasteiger partial charge in [-0.15, -0.1) is 0 Å². The Morgan fingerprint density at radius 3 is 1.95 bits per heavy atom. The molecule has 1 aromatic heterocycles. The van der Waals surface area contributed by atoms with Crippen LogP contribution in [0, 0.1) is 0 Å². The summed E-state index contributed by atoms with van der Waals surface area (Å²) < 4.78 is 1.89. The summed E-state index contributed by atoms with van der Waals surface area (Å²) in [6.07, 6.45) is 0. The summed E-state index contributed by atoms with van der Waals surface area (Å²) in [6, 6.07) is 15.9. The maximum atomic E-state index is 12.8. The van der Waals surface area contributed by atoms with Crippen LogP contribution < -0.4 is 5.56 Å². The second-order valence-electron chi connectivity index (χ2n) is 5.87. The van der Waals surface area contributed by atoms with Gasteiger partial charge in [0.1, 0.15) is 0 Å². The van der Waals surface area contributed by atoms with Gasteiger partial charge in [0.2, 0.25) is 0 Å². The highest BCUT2D eigenvalue weighted by Crippen LogP contribution is 2.26. The molecule has 3 aromatic rings. The molecule has 0 unspecified atom stereocenters. The summed E-state index contributed by atoms with van der Waals surface area (Å²) in [5.74, 6) is 0. The van der Waals surface area contributed by atoms with Crippen LogP contribution in [0.25, 0.3) is 21.7 Å². The molecule has 1 heterocycles. The van der Waals surface area contributed by atoms with Crippen molar-refractivity contribution >= 4 is 21.7 Å². The number of rotatable bonds is 0. The van der Waals surface area contributed by atoms with Crippen LogP contribution in [0.5, 0.6) is 0 Å². The highest BCUT2D eigenvalue weighted by molar-refractivity contribution is 6.05. The fraction of sp³-hybridized carbons (Fsp3) is 0.235. The molecule has 0 aliphatic rings. The van der Waals surface area contributed by atoms with E-state index in [0.29, 0.717) is 0 Å². The first kappa shape index (κ1) is 12.0. The molecule has 0 N–H and O–H groups in total. The number of hydrogen-bond acceptors (Lipinski definition) is 1. The second kappa shape index (κ2) is 3.95. The monoisotopic (exact) mass is 251 g/mol. The van der Waals surface area contributed by atoms with Crippen molar-refractivity contribution in [1.82, 2.24) is 4.57 Å². The number of para-hydroxylation sites is 1. The predicted octanol–water partition coefficient (Wildman–Crippen LogP) is 3.91. The third-order valence-corrected chi connectivity index (χ3v) is 3.47. The fourth-order valence-corrected chi connectivity index (χ4v) is 2.70. The fourth-order valence-electron chi connectivity index (χ4n) is 2.70. The Labute approximate surface area is 112 Å². The Balaban J connectivity index is 2.67. The summed E-state index contributed by atoms with van der Waals surface area (Å²) in [7, 11) is 0. The van der Waals surface area contributed by atoms with E-state index in [-0.39, 0.29) is 11.1 Å². The Kier molecular flexibility index (Phi) is 2.49. The zero-order chi connectivity index (χ0) is 13.6. The first-order valence-corrected chi connectivity index (χ1v) is 6.53. The van der Waals surface area contributed by atoms with Gasteiger partial charge in [0, 0.05) is 16.3 Å². The van der Waals surface area contributed by atoms with Gasteiger partial charge in [-0.3, -0.25) is 4.79 Å². The third-order valence-electron chi connectivity index (χ3n) is 3.47. The molecule has 0 radical (unpaired) electrons. The van der Waals surface area contributed by atoms with Gasteiger partial charge in [-0.25, -0.2) is 0 Å². The lowest BCUT2D eigenvalue weighted by Crippen LogP contribution is -2.34. The standard InChI is InChI=1S/C17H17NO/c1-17(2,3)18-15-11-7-6-9-13(15)12-8-4-5-10-14(12)16(18)19/h4-11H,1-3H3. The zero-order valence-corrected chi connectivity index (χ0v) is 11.5. The van der Waals surface area contributed by atoms with E-state index in [1.165, 1.54) is 0 Å². The molecule has 2 nitrogen and oxygen atoms in total. The van der Waals surface area contributed by atoms with Gasteiger partial charge < -0.3 is 4.57 Å². The molecule has 0 amide bonds. The number of nitrogens with zero attached hydrogens (tertiary/aromatic N) is 1. The average Bonchev–Trinajstić information content (AvgIpc) is 2.38. The van der Waals surface area contributed by atoms with Gasteiger partial charge in [-0.05, 0) is 38.3 Å². The molecule has 0 saturated carbocycles. The number of benzene rings is 2. The number of aromatic nitrogens is 1. The average molecular weight is 251 g/mol. The summed E-state index contributed by atoms with van der Waals surface area (Å²) in [5.41, 5.74) is 0.848. The van der Waals surface area contributed by atoms with Gasteiger partial charge in [0.25, 0.3) is 5.56 Å². The molecule has 0 spiro atoms. The summed E-state index contributed by atoms with van der Waals surface area (Å²) in [6.45, 7) is 6.20. The van der Waals surface area contributed by atoms with Crippen molar-refractivity contribution in [1.29, 1.82) is 0 Å². The van der Waals surface area contributed by atoms with Crippen LogP contribution >= 0.6 is 0 Å². The second-order valence-corrected chi connectivity index (χ2v) is 5.87. The molecule has 3 rings (SSSR count). The van der Waals surface area contributed by atoms with Crippen LogP contribution in [0.2, 0.25) is 0 Å². The smallest absolute Gasteiger partial charge is 0.259 e. The lowest BCUT2D eigenvalue weighted by atomic mass is 10.0. The van der Waals surface area contributed by atoms with Gasteiger partial charge in [0.05, 0.1) is 5.52 Å². The van der Waals surface area contributed by atoms with Crippen molar-refractivity contribution < 1.29 is 0 Å². The molecule has 0 atom stereocenters. The van der Waals surface area contributed by atoms with Gasteiger partial charge >= 0.3 is 0 Å². The molecule has 2 aromatic carbocycles. The molecule has 0 saturated heterocycles. The summed E-state index contributed by atoms with van der Waals surface area (Å²) >= 11 is 0. The quantitative estimate of drug-likeness (QED) is 0.555. The minimum Gasteiger partial charge on any atom is -0.302 e. The molecule has 0 fully saturated rings. The largest absolute Gasteiger partial charge is 0.302 e. The van der Waals surface area contributed by atoms with Crippen LogP contribution in [0.3, 0.4) is 0 Å². The molecular weight excluding hydrogens is 234 g/mol. The topological polar surface area (TPSA) is 22.0 Å². The minimum atomic E-state index is -0.235. The highest BCUT2D eigenvalue weighted by atomic mass is 16.1. The Morgan fingerprint density at radius 2 is 1.32 bits per heavy atom. The van der Waals surface area contributed by atoms with E-state index in [1.54, 1.807) is 0 Å². The molecule has 0 aliphatic carbocycles. The van der Waals surface area contributed by atoms with Crippen LogP contribution in [0.1, 0.15) is 20.8 Å². The lowest BCUT2D eigenvalue weighted by Gasteiger charge is -2.25. The zero-order valence-electron chi connectivity index (χ0n) is 11.5. The van der Waals surface area contributed by atoms with Gasteiger partial charge in [-0.2, -0.15) is 0 Å². The number of fused-ring (bicyclic) bond motifs is 3. The van der Waals surface area contributed by atoms with E-state index in [4.69, 9.17) is 0 Å². The van der Waals surface area contributed by atoms with Crippen LogP contribution in [0.4, 0.5) is 0 Å². The highest BCUT2D eigenvalue weighted by Gasteiger charge is 2.19. The molecule has 19 heavy (non-hydrogen) atoms. The summed E-state index contributed by atoms with van der Waals surface area (Å²) in [5, 5.41) is 2.95. The Hall–Kier alpha value is -2.09. The molecule has 0 aliphatic heterocycles. The molecule has 96 valence electrons. The number of hydrogen-bond donors (Lipinski definition) is 0. The Bertz CT molecular complexity index is 822. The van der Waals surface area contributed by atoms with E-state index in [1.807, 2.05) is 47.0 Å². The van der Waals surface area contributed by atoms with E-state index >= 15 is 0 Å². The van der Waals surface area contributed by atoms with Gasteiger partial charge in [0.15, 0.2) is 0 Å². The summed E-state index contributed by atoms with van der Waals surface area (Å²) in [4.78, 5) is 12.8. The first-order chi connectivity index (χ1) is 9.00.